The van der Waals surface area contributed by atoms with Crippen molar-refractivity contribution in [1.29, 1.82) is 0 Å². The highest BCUT2D eigenvalue weighted by Crippen LogP contribution is 2.18. The standard InChI is InChI=1S/C15H35N3/c1-9-18(14(4)10-17(7)8)12-15(5,6)11-16-13(2)3/h13-14,16H,9-12H2,1-8H3. The van der Waals surface area contributed by atoms with Gasteiger partial charge in [-0.25, -0.2) is 0 Å². The Morgan fingerprint density at radius 1 is 1.11 bits per heavy atom. The molecule has 0 radical (unpaired) electrons. The lowest BCUT2D eigenvalue weighted by atomic mass is 9.91. The summed E-state index contributed by atoms with van der Waals surface area (Å²) in [5, 5.41) is 3.56. The minimum atomic E-state index is 0.320. The van der Waals surface area contributed by atoms with Crippen LogP contribution in [-0.4, -0.2) is 62.2 Å². The van der Waals surface area contributed by atoms with Gasteiger partial charge in [-0.3, -0.25) is 4.90 Å². The Morgan fingerprint density at radius 3 is 2.06 bits per heavy atom. The molecule has 0 aliphatic rings. The quantitative estimate of drug-likeness (QED) is 0.684. The van der Waals surface area contributed by atoms with Crippen LogP contribution in [0, 0.1) is 5.41 Å². The van der Waals surface area contributed by atoms with Crippen LogP contribution in [0.25, 0.3) is 0 Å². The smallest absolute Gasteiger partial charge is 0.0194 e. The molecule has 0 aromatic heterocycles. The summed E-state index contributed by atoms with van der Waals surface area (Å²) in [7, 11) is 4.30. The van der Waals surface area contributed by atoms with Crippen LogP contribution < -0.4 is 5.32 Å². The summed E-state index contributed by atoms with van der Waals surface area (Å²) in [6.07, 6.45) is 0. The molecule has 1 atom stereocenters. The number of nitrogens with one attached hydrogen (secondary N) is 1. The van der Waals surface area contributed by atoms with Gasteiger partial charge in [-0.1, -0.05) is 34.6 Å². The van der Waals surface area contributed by atoms with Gasteiger partial charge >= 0.3 is 0 Å². The fourth-order valence-corrected chi connectivity index (χ4v) is 2.31. The van der Waals surface area contributed by atoms with E-state index in [0.717, 1.165) is 26.2 Å². The fourth-order valence-electron chi connectivity index (χ4n) is 2.31. The first-order chi connectivity index (χ1) is 8.18. The number of hydrogen-bond donors (Lipinski definition) is 1. The summed E-state index contributed by atoms with van der Waals surface area (Å²) < 4.78 is 0. The third-order valence-electron chi connectivity index (χ3n) is 3.28. The summed E-state index contributed by atoms with van der Waals surface area (Å²) >= 11 is 0. The van der Waals surface area contributed by atoms with Crippen molar-refractivity contribution < 1.29 is 0 Å². The van der Waals surface area contributed by atoms with Gasteiger partial charge < -0.3 is 10.2 Å². The van der Waals surface area contributed by atoms with Crippen molar-refractivity contribution in [3.63, 3.8) is 0 Å². The molecular formula is C15H35N3. The molecule has 0 spiro atoms. The van der Waals surface area contributed by atoms with E-state index in [0.29, 0.717) is 17.5 Å². The van der Waals surface area contributed by atoms with Crippen molar-refractivity contribution in [2.24, 2.45) is 5.41 Å². The van der Waals surface area contributed by atoms with E-state index >= 15 is 0 Å². The van der Waals surface area contributed by atoms with Crippen molar-refractivity contribution in [2.45, 2.75) is 53.6 Å². The zero-order chi connectivity index (χ0) is 14.3. The molecule has 0 saturated carbocycles. The monoisotopic (exact) mass is 257 g/mol. The predicted octanol–water partition coefficient (Wildman–Crippen LogP) is 2.28. The molecule has 1 N–H and O–H groups in total. The van der Waals surface area contributed by atoms with Gasteiger partial charge in [-0.05, 0) is 33.0 Å². The van der Waals surface area contributed by atoms with Gasteiger partial charge in [0.1, 0.15) is 0 Å². The minimum absolute atomic E-state index is 0.320. The summed E-state index contributed by atoms with van der Waals surface area (Å²) in [5.41, 5.74) is 0.320. The highest BCUT2D eigenvalue weighted by atomic mass is 15.2. The molecule has 0 bridgehead atoms. The Morgan fingerprint density at radius 2 is 1.67 bits per heavy atom. The van der Waals surface area contributed by atoms with E-state index in [1.165, 1.54) is 0 Å². The first kappa shape index (κ1) is 17.9. The largest absolute Gasteiger partial charge is 0.314 e. The highest BCUT2D eigenvalue weighted by molar-refractivity contribution is 4.80. The molecule has 0 amide bonds. The summed E-state index contributed by atoms with van der Waals surface area (Å²) in [6.45, 7) is 18.2. The Bertz CT molecular complexity index is 212. The third-order valence-corrected chi connectivity index (χ3v) is 3.28. The molecule has 1 unspecified atom stereocenters. The lowest BCUT2D eigenvalue weighted by Gasteiger charge is -2.37. The van der Waals surface area contributed by atoms with Crippen molar-refractivity contribution in [3.8, 4) is 0 Å². The van der Waals surface area contributed by atoms with Gasteiger partial charge in [0.25, 0.3) is 0 Å². The molecule has 0 aliphatic heterocycles. The molecule has 0 heterocycles. The summed E-state index contributed by atoms with van der Waals surface area (Å²) in [5.74, 6) is 0. The Hall–Kier alpha value is -0.120. The number of likely N-dealkylation sites (N-methyl/N-ethyl adjacent to an activating group) is 2. The van der Waals surface area contributed by atoms with Gasteiger partial charge in [0, 0.05) is 31.7 Å². The Balaban J connectivity index is 4.32. The first-order valence-corrected chi connectivity index (χ1v) is 7.30. The lowest BCUT2D eigenvalue weighted by Crippen LogP contribution is -2.47. The van der Waals surface area contributed by atoms with E-state index in [2.05, 4.69) is 70.8 Å². The second kappa shape index (κ2) is 8.13. The maximum Gasteiger partial charge on any atom is 0.0194 e. The van der Waals surface area contributed by atoms with Crippen LogP contribution >= 0.6 is 0 Å². The second-order valence-corrected chi connectivity index (χ2v) is 6.87. The van der Waals surface area contributed by atoms with Gasteiger partial charge in [-0.15, -0.1) is 0 Å². The lowest BCUT2D eigenvalue weighted by molar-refractivity contribution is 0.121. The van der Waals surface area contributed by atoms with E-state index in [1.807, 2.05) is 0 Å². The van der Waals surface area contributed by atoms with Crippen molar-refractivity contribution in [2.75, 3.05) is 40.3 Å². The van der Waals surface area contributed by atoms with Crippen LogP contribution in [0.15, 0.2) is 0 Å². The van der Waals surface area contributed by atoms with E-state index in [-0.39, 0.29) is 0 Å². The fraction of sp³-hybridized carbons (Fsp3) is 1.00. The van der Waals surface area contributed by atoms with Gasteiger partial charge in [0.05, 0.1) is 0 Å². The molecular weight excluding hydrogens is 222 g/mol. The van der Waals surface area contributed by atoms with E-state index < -0.39 is 0 Å². The van der Waals surface area contributed by atoms with Crippen LogP contribution in [0.2, 0.25) is 0 Å². The van der Waals surface area contributed by atoms with Crippen LogP contribution in [0.4, 0.5) is 0 Å². The zero-order valence-corrected chi connectivity index (χ0v) is 13.9. The summed E-state index contributed by atoms with van der Waals surface area (Å²) in [4.78, 5) is 4.86. The molecule has 3 heteroatoms. The van der Waals surface area contributed by atoms with E-state index in [4.69, 9.17) is 0 Å². The van der Waals surface area contributed by atoms with Gasteiger partial charge in [-0.2, -0.15) is 0 Å². The topological polar surface area (TPSA) is 18.5 Å². The second-order valence-electron chi connectivity index (χ2n) is 6.87. The molecule has 18 heavy (non-hydrogen) atoms. The molecule has 0 aromatic rings. The third kappa shape index (κ3) is 8.06. The average Bonchev–Trinajstić information content (AvgIpc) is 2.22. The first-order valence-electron chi connectivity index (χ1n) is 7.30. The number of nitrogens with zero attached hydrogens (tertiary/aromatic N) is 2. The average molecular weight is 257 g/mol. The molecule has 3 nitrogen and oxygen atoms in total. The number of rotatable bonds is 9. The maximum absolute atomic E-state index is 3.56. The number of hydrogen-bond acceptors (Lipinski definition) is 3. The minimum Gasteiger partial charge on any atom is -0.314 e. The van der Waals surface area contributed by atoms with Gasteiger partial charge in [0.2, 0.25) is 0 Å². The van der Waals surface area contributed by atoms with Crippen molar-refractivity contribution >= 4 is 0 Å². The SMILES string of the molecule is CCN(CC(C)(C)CNC(C)C)C(C)CN(C)C. The van der Waals surface area contributed by atoms with Gasteiger partial charge in [0.15, 0.2) is 0 Å². The molecule has 0 aromatic carbocycles. The molecule has 0 saturated heterocycles. The Labute approximate surface area is 115 Å². The van der Waals surface area contributed by atoms with Crippen molar-refractivity contribution in [3.05, 3.63) is 0 Å². The molecule has 0 fully saturated rings. The van der Waals surface area contributed by atoms with Crippen LogP contribution in [-0.2, 0) is 0 Å². The zero-order valence-electron chi connectivity index (χ0n) is 13.9. The maximum atomic E-state index is 3.56. The van der Waals surface area contributed by atoms with Crippen molar-refractivity contribution in [1.82, 2.24) is 15.1 Å². The van der Waals surface area contributed by atoms with Crippen LogP contribution in [0.5, 0.6) is 0 Å². The highest BCUT2D eigenvalue weighted by Gasteiger charge is 2.24. The van der Waals surface area contributed by atoms with E-state index in [1.54, 1.807) is 0 Å². The molecule has 0 rings (SSSR count). The molecule has 0 aliphatic carbocycles. The van der Waals surface area contributed by atoms with E-state index in [9.17, 15) is 0 Å². The predicted molar refractivity (Wildman–Crippen MR) is 82.2 cm³/mol. The Kier molecular flexibility index (Phi) is 8.08. The van der Waals surface area contributed by atoms with Crippen LogP contribution in [0.3, 0.4) is 0 Å². The van der Waals surface area contributed by atoms with Crippen LogP contribution in [0.1, 0.15) is 41.5 Å². The normalized spacial score (nSPS) is 14.8. The molecule has 110 valence electrons. The summed E-state index contributed by atoms with van der Waals surface area (Å²) in [6, 6.07) is 1.18.